The van der Waals surface area contributed by atoms with E-state index in [0.29, 0.717) is 6.61 Å². The number of unbranched alkanes of at least 4 members (excludes halogenated alkanes) is 1. The number of ether oxygens (including phenoxy) is 1. The summed E-state index contributed by atoms with van der Waals surface area (Å²) in [7, 11) is -1.76. The van der Waals surface area contributed by atoms with Gasteiger partial charge in [-0.05, 0) is 49.7 Å². The predicted molar refractivity (Wildman–Crippen MR) is 116 cm³/mol. The third-order valence-corrected chi connectivity index (χ3v) is 9.36. The van der Waals surface area contributed by atoms with Crippen LogP contribution in [0.5, 0.6) is 5.75 Å². The highest BCUT2D eigenvalue weighted by atomic mass is 79.9. The number of benzene rings is 3. The summed E-state index contributed by atoms with van der Waals surface area (Å²) < 4.78 is 6.09. The van der Waals surface area contributed by atoms with E-state index in [9.17, 15) is 0 Å². The summed E-state index contributed by atoms with van der Waals surface area (Å²) in [6, 6.07) is 30.8. The van der Waals surface area contributed by atoms with E-state index >= 15 is 0 Å². The molecule has 3 aromatic rings. The second kappa shape index (κ2) is 10.6. The summed E-state index contributed by atoms with van der Waals surface area (Å²) in [6.45, 7) is 5.03. The van der Waals surface area contributed by atoms with Crippen molar-refractivity contribution in [1.29, 1.82) is 0 Å². The van der Waals surface area contributed by atoms with Crippen LogP contribution >= 0.6 is 7.26 Å². The molecule has 0 unspecified atom stereocenters. The van der Waals surface area contributed by atoms with Crippen LogP contribution in [0, 0.1) is 0 Å². The zero-order valence-corrected chi connectivity index (χ0v) is 18.6. The average molecular weight is 443 g/mol. The summed E-state index contributed by atoms with van der Waals surface area (Å²) in [6.07, 6.45) is 3.57. The predicted octanol–water partition coefficient (Wildman–Crippen LogP) is 2.18. The van der Waals surface area contributed by atoms with Crippen LogP contribution in [0.1, 0.15) is 26.7 Å². The van der Waals surface area contributed by atoms with Crippen LogP contribution in [-0.4, -0.2) is 12.8 Å². The van der Waals surface area contributed by atoms with E-state index in [2.05, 4.69) is 98.8 Å². The summed E-state index contributed by atoms with van der Waals surface area (Å²) in [5.41, 5.74) is 0. The highest BCUT2D eigenvalue weighted by Gasteiger charge is 2.46. The van der Waals surface area contributed by atoms with Gasteiger partial charge in [0.2, 0.25) is 0 Å². The smallest absolute Gasteiger partial charge is 0.162 e. The number of hydrogen-bond donors (Lipinski definition) is 0. The van der Waals surface area contributed by atoms with E-state index < -0.39 is 7.26 Å². The van der Waals surface area contributed by atoms with Crippen LogP contribution < -0.4 is 37.6 Å². The van der Waals surface area contributed by atoms with Gasteiger partial charge in [0.15, 0.2) is 5.75 Å². The Balaban J connectivity index is 0.00000261. The van der Waals surface area contributed by atoms with Gasteiger partial charge in [0.05, 0.1) is 12.8 Å². The first-order valence-corrected chi connectivity index (χ1v) is 11.5. The maximum absolute atomic E-state index is 6.09. The van der Waals surface area contributed by atoms with Crippen LogP contribution in [0.15, 0.2) is 84.9 Å². The van der Waals surface area contributed by atoms with Gasteiger partial charge in [0.1, 0.15) is 23.2 Å². The van der Waals surface area contributed by atoms with E-state index in [4.69, 9.17) is 4.74 Å². The van der Waals surface area contributed by atoms with Crippen molar-refractivity contribution in [2.75, 3.05) is 12.8 Å². The molecule has 0 N–H and O–H groups in total. The second-order valence-corrected chi connectivity index (χ2v) is 10.0. The molecule has 0 saturated heterocycles. The summed E-state index contributed by atoms with van der Waals surface area (Å²) in [5.74, 6) is 1.03. The first-order valence-electron chi connectivity index (χ1n) is 9.54. The molecule has 0 atom stereocenters. The van der Waals surface area contributed by atoms with Crippen LogP contribution in [0.25, 0.3) is 0 Å². The molecular weight excluding hydrogens is 415 g/mol. The van der Waals surface area contributed by atoms with Gasteiger partial charge in [0.25, 0.3) is 0 Å². The molecule has 3 aromatic carbocycles. The molecule has 3 heteroatoms. The Labute approximate surface area is 174 Å². The third-order valence-electron chi connectivity index (χ3n) is 4.82. The van der Waals surface area contributed by atoms with E-state index in [1.54, 1.807) is 0 Å². The largest absolute Gasteiger partial charge is 1.00 e. The van der Waals surface area contributed by atoms with E-state index in [-0.39, 0.29) is 17.0 Å². The molecule has 0 spiro atoms. The Hall–Kier alpha value is -1.63. The normalized spacial score (nSPS) is 10.9. The molecule has 0 aliphatic carbocycles. The lowest BCUT2D eigenvalue weighted by atomic mass is 10.3. The molecule has 0 bridgehead atoms. The molecule has 0 fully saturated rings. The van der Waals surface area contributed by atoms with Gasteiger partial charge >= 0.3 is 0 Å². The molecule has 0 aliphatic rings. The summed E-state index contributed by atoms with van der Waals surface area (Å²) >= 11 is 0. The van der Waals surface area contributed by atoms with Gasteiger partial charge in [-0.3, -0.25) is 0 Å². The quantitative estimate of drug-likeness (QED) is 0.485. The van der Waals surface area contributed by atoms with Crippen molar-refractivity contribution in [3.8, 4) is 5.75 Å². The van der Waals surface area contributed by atoms with Crippen LogP contribution in [0.4, 0.5) is 0 Å². The Morgan fingerprint density at radius 1 is 0.704 bits per heavy atom. The number of halogens is 1. The third kappa shape index (κ3) is 4.62. The van der Waals surface area contributed by atoms with Crippen molar-refractivity contribution in [2.24, 2.45) is 0 Å². The Kier molecular flexibility index (Phi) is 8.54. The van der Waals surface area contributed by atoms with E-state index in [1.165, 1.54) is 34.9 Å². The van der Waals surface area contributed by atoms with Gasteiger partial charge in [-0.1, -0.05) is 61.9 Å². The lowest BCUT2D eigenvalue weighted by molar-refractivity contribution is -0.00000574. The minimum atomic E-state index is -1.76. The first-order chi connectivity index (χ1) is 12.8. The minimum Gasteiger partial charge on any atom is -1.00 e. The first kappa shape index (κ1) is 21.7. The molecule has 0 aliphatic heterocycles. The number of para-hydroxylation sites is 1. The minimum absolute atomic E-state index is 0. The highest BCUT2D eigenvalue weighted by Crippen LogP contribution is 2.57. The number of rotatable bonds is 8. The SMILES string of the molecule is CCCC[P+](c1ccccc1)(c1ccccc1)c1ccccc1OCC.[Br-]. The Morgan fingerprint density at radius 3 is 1.74 bits per heavy atom. The fourth-order valence-corrected chi connectivity index (χ4v) is 8.24. The van der Waals surface area contributed by atoms with Crippen molar-refractivity contribution in [1.82, 2.24) is 0 Å². The second-order valence-electron chi connectivity index (χ2n) is 6.46. The lowest BCUT2D eigenvalue weighted by Crippen LogP contribution is -3.00. The van der Waals surface area contributed by atoms with Gasteiger partial charge in [-0.2, -0.15) is 0 Å². The van der Waals surface area contributed by atoms with E-state index in [0.717, 1.165) is 5.75 Å². The standard InChI is InChI=1S/C24H28OP.BrH/c1-3-5-20-26(21-14-8-6-9-15-21,22-16-10-7-11-17-22)24-19-13-12-18-23(24)25-4-2;/h6-19H,3-5,20H2,1-2H3;1H/q+1;/p-1. The van der Waals surface area contributed by atoms with Gasteiger partial charge < -0.3 is 21.7 Å². The maximum Gasteiger partial charge on any atom is 0.162 e. The van der Waals surface area contributed by atoms with Crippen molar-refractivity contribution in [2.45, 2.75) is 26.7 Å². The monoisotopic (exact) mass is 442 g/mol. The van der Waals surface area contributed by atoms with E-state index in [1.807, 2.05) is 0 Å². The van der Waals surface area contributed by atoms with Gasteiger partial charge in [-0.25, -0.2) is 0 Å². The molecular formula is C24H28BrOP. The maximum atomic E-state index is 6.09. The highest BCUT2D eigenvalue weighted by molar-refractivity contribution is 7.95. The topological polar surface area (TPSA) is 9.23 Å². The van der Waals surface area contributed by atoms with Gasteiger partial charge in [-0.15, -0.1) is 0 Å². The van der Waals surface area contributed by atoms with Gasteiger partial charge in [0, 0.05) is 0 Å². The fourth-order valence-electron chi connectivity index (χ4n) is 3.62. The zero-order valence-electron chi connectivity index (χ0n) is 16.1. The molecule has 0 aromatic heterocycles. The number of hydrogen-bond acceptors (Lipinski definition) is 1. The Bertz CT molecular complexity index is 765. The van der Waals surface area contributed by atoms with Crippen molar-refractivity contribution >= 4 is 23.2 Å². The molecule has 0 radical (unpaired) electrons. The lowest BCUT2D eigenvalue weighted by Gasteiger charge is -2.29. The summed E-state index contributed by atoms with van der Waals surface area (Å²) in [5, 5.41) is 4.24. The molecule has 1 nitrogen and oxygen atoms in total. The summed E-state index contributed by atoms with van der Waals surface area (Å²) in [4.78, 5) is 0. The van der Waals surface area contributed by atoms with Crippen LogP contribution in [0.3, 0.4) is 0 Å². The van der Waals surface area contributed by atoms with Crippen LogP contribution in [0.2, 0.25) is 0 Å². The average Bonchev–Trinajstić information content (AvgIpc) is 2.71. The fraction of sp³-hybridized carbons (Fsp3) is 0.250. The molecule has 3 rings (SSSR count). The molecule has 27 heavy (non-hydrogen) atoms. The van der Waals surface area contributed by atoms with Crippen molar-refractivity contribution in [3.05, 3.63) is 84.9 Å². The Morgan fingerprint density at radius 2 is 1.22 bits per heavy atom. The zero-order chi connectivity index (χ0) is 18.2. The van der Waals surface area contributed by atoms with Crippen LogP contribution in [-0.2, 0) is 0 Å². The molecule has 0 heterocycles. The van der Waals surface area contributed by atoms with Crippen molar-refractivity contribution < 1.29 is 21.7 Å². The molecule has 142 valence electrons. The molecule has 0 saturated carbocycles. The van der Waals surface area contributed by atoms with Crippen molar-refractivity contribution in [3.63, 3.8) is 0 Å². The molecule has 0 amide bonds.